The zero-order chi connectivity index (χ0) is 19.8. The molecule has 1 saturated carbocycles. The minimum atomic E-state index is -0.0744. The Hall–Kier alpha value is -2.79. The highest BCUT2D eigenvalue weighted by Gasteiger charge is 2.35. The second-order valence-corrected chi connectivity index (χ2v) is 7.82. The Morgan fingerprint density at radius 2 is 1.93 bits per heavy atom. The summed E-state index contributed by atoms with van der Waals surface area (Å²) in [4.78, 5) is 15.3. The van der Waals surface area contributed by atoms with Crippen molar-refractivity contribution in [1.82, 2.24) is 4.90 Å². The zero-order valence-corrected chi connectivity index (χ0v) is 16.6. The zero-order valence-electron chi connectivity index (χ0n) is 16.6. The van der Waals surface area contributed by atoms with Gasteiger partial charge in [-0.3, -0.25) is 9.69 Å². The average molecular weight is 391 g/mol. The number of carbonyl (C=O) groups is 1. The van der Waals surface area contributed by atoms with Gasteiger partial charge >= 0.3 is 0 Å². The van der Waals surface area contributed by atoms with E-state index >= 15 is 0 Å². The molecule has 0 amide bonds. The number of carbonyl (C=O) groups excluding carboxylic acids is 1. The van der Waals surface area contributed by atoms with Crippen LogP contribution in [0.15, 0.2) is 42.2 Å². The number of hydrogen-bond acceptors (Lipinski definition) is 5. The molecule has 0 bridgehead atoms. The first kappa shape index (κ1) is 18.3. The van der Waals surface area contributed by atoms with Crippen molar-refractivity contribution in [3.05, 3.63) is 58.8 Å². The summed E-state index contributed by atoms with van der Waals surface area (Å²) in [5.74, 6) is 2.58. The van der Waals surface area contributed by atoms with Crippen LogP contribution in [0.5, 0.6) is 17.2 Å². The molecule has 29 heavy (non-hydrogen) atoms. The number of nitrogens with zero attached hydrogens (tertiary/aromatic N) is 1. The Morgan fingerprint density at radius 3 is 2.69 bits per heavy atom. The first-order valence-electron chi connectivity index (χ1n) is 10.4. The molecule has 0 saturated heterocycles. The number of Topliss-reactive ketones (excluding diaryl/α,β-unsaturated/α-hetero) is 1. The van der Waals surface area contributed by atoms with Crippen LogP contribution in [0.25, 0.3) is 6.08 Å². The van der Waals surface area contributed by atoms with E-state index in [0.717, 1.165) is 29.2 Å². The van der Waals surface area contributed by atoms with E-state index in [-0.39, 0.29) is 5.78 Å². The summed E-state index contributed by atoms with van der Waals surface area (Å²) in [7, 11) is 0. The summed E-state index contributed by atoms with van der Waals surface area (Å²) in [6.45, 7) is 3.96. The number of rotatable bonds is 4. The van der Waals surface area contributed by atoms with Crippen molar-refractivity contribution < 1.29 is 19.0 Å². The van der Waals surface area contributed by atoms with Crippen molar-refractivity contribution in [1.29, 1.82) is 0 Å². The summed E-state index contributed by atoms with van der Waals surface area (Å²) < 4.78 is 17.6. The number of ether oxygens (including phenoxy) is 3. The van der Waals surface area contributed by atoms with Crippen molar-refractivity contribution >= 4 is 11.9 Å². The first-order chi connectivity index (χ1) is 14.2. The lowest BCUT2D eigenvalue weighted by atomic mass is 10.0. The van der Waals surface area contributed by atoms with Crippen molar-refractivity contribution in [3.8, 4) is 17.2 Å². The van der Waals surface area contributed by atoms with E-state index in [2.05, 4.69) is 4.90 Å². The molecule has 5 rings (SSSR count). The minimum Gasteiger partial charge on any atom is -0.494 e. The molecule has 2 aromatic rings. The van der Waals surface area contributed by atoms with Crippen LogP contribution in [-0.4, -0.2) is 30.1 Å². The minimum absolute atomic E-state index is 0.0744. The van der Waals surface area contributed by atoms with Crippen LogP contribution in [0.1, 0.15) is 54.1 Å². The van der Waals surface area contributed by atoms with Gasteiger partial charge in [0, 0.05) is 12.6 Å². The molecule has 0 aromatic heterocycles. The lowest BCUT2D eigenvalue weighted by Gasteiger charge is -2.33. The van der Waals surface area contributed by atoms with Gasteiger partial charge in [-0.15, -0.1) is 0 Å². The number of allylic oxidation sites excluding steroid dienone is 1. The third kappa shape index (κ3) is 3.40. The monoisotopic (exact) mass is 391 g/mol. The summed E-state index contributed by atoms with van der Waals surface area (Å²) in [6.07, 6.45) is 6.80. The number of ketones is 1. The molecule has 3 aliphatic rings. The summed E-state index contributed by atoms with van der Waals surface area (Å²) >= 11 is 0. The maximum Gasteiger partial charge on any atom is 0.231 e. The molecule has 2 aromatic carbocycles. The second-order valence-electron chi connectivity index (χ2n) is 7.82. The molecule has 2 heterocycles. The van der Waals surface area contributed by atoms with Crippen LogP contribution in [0.4, 0.5) is 0 Å². The van der Waals surface area contributed by atoms with Gasteiger partial charge < -0.3 is 14.2 Å². The lowest BCUT2D eigenvalue weighted by Crippen LogP contribution is -2.39. The van der Waals surface area contributed by atoms with Crippen LogP contribution in [0.3, 0.4) is 0 Å². The van der Waals surface area contributed by atoms with Crippen molar-refractivity contribution in [2.45, 2.75) is 45.2 Å². The molecule has 1 aliphatic carbocycles. The van der Waals surface area contributed by atoms with E-state index in [1.54, 1.807) is 6.08 Å². The van der Waals surface area contributed by atoms with E-state index in [1.807, 2.05) is 43.3 Å². The molecule has 0 unspecified atom stereocenters. The maximum atomic E-state index is 12.9. The fourth-order valence-electron chi connectivity index (χ4n) is 4.46. The van der Waals surface area contributed by atoms with Crippen LogP contribution < -0.4 is 14.2 Å². The van der Waals surface area contributed by atoms with Gasteiger partial charge in [0.1, 0.15) is 24.0 Å². The van der Waals surface area contributed by atoms with Crippen molar-refractivity contribution in [2.24, 2.45) is 0 Å². The Labute approximate surface area is 170 Å². The highest BCUT2D eigenvalue weighted by Crippen LogP contribution is 2.43. The molecule has 0 N–H and O–H groups in total. The normalized spacial score (nSPS) is 20.3. The number of benzene rings is 2. The third-order valence-corrected chi connectivity index (χ3v) is 5.97. The predicted octanol–water partition coefficient (Wildman–Crippen LogP) is 4.80. The molecule has 0 radical (unpaired) electrons. The van der Waals surface area contributed by atoms with Gasteiger partial charge in [0.05, 0.1) is 17.7 Å². The van der Waals surface area contributed by atoms with Crippen LogP contribution in [0, 0.1) is 0 Å². The molecule has 1 fully saturated rings. The van der Waals surface area contributed by atoms with Crippen molar-refractivity contribution in [3.63, 3.8) is 0 Å². The molecule has 0 atom stereocenters. The summed E-state index contributed by atoms with van der Waals surface area (Å²) in [5.41, 5.74) is 2.52. The molecule has 5 nitrogen and oxygen atoms in total. The Balaban J connectivity index is 1.41. The van der Waals surface area contributed by atoms with Crippen LogP contribution in [0.2, 0.25) is 0 Å². The maximum absolute atomic E-state index is 12.9. The highest BCUT2D eigenvalue weighted by molar-refractivity contribution is 6.15. The highest BCUT2D eigenvalue weighted by atomic mass is 16.5. The molecular weight excluding hydrogens is 366 g/mol. The first-order valence-corrected chi connectivity index (χ1v) is 10.4. The van der Waals surface area contributed by atoms with Crippen LogP contribution in [-0.2, 0) is 6.54 Å². The van der Waals surface area contributed by atoms with Gasteiger partial charge in [-0.05, 0) is 55.7 Å². The fraction of sp³-hybridized carbons (Fsp3) is 0.375. The molecule has 2 aliphatic heterocycles. The summed E-state index contributed by atoms with van der Waals surface area (Å²) in [6, 6.07) is 11.9. The topological polar surface area (TPSA) is 48.0 Å². The predicted molar refractivity (Wildman–Crippen MR) is 110 cm³/mol. The van der Waals surface area contributed by atoms with Gasteiger partial charge in [0.2, 0.25) is 5.78 Å². The molecule has 0 spiro atoms. The SMILES string of the molecule is CCOc1ccc(/C=C2\Oc3c(ccc4c3CN(C3CCCC3)CO4)C2=O)cc1. The molecule has 5 heteroatoms. The fourth-order valence-corrected chi connectivity index (χ4v) is 4.46. The van der Waals surface area contributed by atoms with Crippen LogP contribution >= 0.6 is 0 Å². The van der Waals surface area contributed by atoms with E-state index in [4.69, 9.17) is 14.2 Å². The quantitative estimate of drug-likeness (QED) is 0.701. The van der Waals surface area contributed by atoms with E-state index in [1.165, 1.54) is 25.7 Å². The third-order valence-electron chi connectivity index (χ3n) is 5.97. The van der Waals surface area contributed by atoms with Gasteiger partial charge in [-0.2, -0.15) is 0 Å². The standard InChI is InChI=1S/C24H25NO4/c1-2-27-18-9-7-16(8-10-18)13-22-23(26)19-11-12-21-20(24(19)29-22)14-25(15-28-21)17-5-3-4-6-17/h7-13,17H,2-6,14-15H2,1H3/b22-13-. The number of hydrogen-bond donors (Lipinski definition) is 0. The van der Waals surface area contributed by atoms with E-state index in [9.17, 15) is 4.79 Å². The Kier molecular flexibility index (Phi) is 4.76. The smallest absolute Gasteiger partial charge is 0.231 e. The van der Waals surface area contributed by atoms with Gasteiger partial charge in [0.15, 0.2) is 5.76 Å². The van der Waals surface area contributed by atoms with E-state index < -0.39 is 0 Å². The Morgan fingerprint density at radius 1 is 1.14 bits per heavy atom. The molecular formula is C24H25NO4. The van der Waals surface area contributed by atoms with Gasteiger partial charge in [-0.1, -0.05) is 25.0 Å². The Bertz CT molecular complexity index is 958. The van der Waals surface area contributed by atoms with Gasteiger partial charge in [0.25, 0.3) is 0 Å². The second kappa shape index (κ2) is 7.56. The van der Waals surface area contributed by atoms with E-state index in [0.29, 0.717) is 36.5 Å². The average Bonchev–Trinajstić information content (AvgIpc) is 3.39. The van der Waals surface area contributed by atoms with Crippen molar-refractivity contribution in [2.75, 3.05) is 13.3 Å². The number of fused-ring (bicyclic) bond motifs is 3. The summed E-state index contributed by atoms with van der Waals surface area (Å²) in [5, 5.41) is 0. The largest absolute Gasteiger partial charge is 0.494 e. The lowest BCUT2D eigenvalue weighted by molar-refractivity contribution is 0.0567. The van der Waals surface area contributed by atoms with Gasteiger partial charge in [-0.25, -0.2) is 0 Å². The molecule has 150 valence electrons.